The van der Waals surface area contributed by atoms with Gasteiger partial charge < -0.3 is 4.74 Å². The van der Waals surface area contributed by atoms with Gasteiger partial charge in [-0.2, -0.15) is 0 Å². The molecular weight excluding hydrogens is 402 g/mol. The lowest BCUT2D eigenvalue weighted by Gasteiger charge is -2.14. The molecule has 1 unspecified atom stereocenters. The number of fused-ring (bicyclic) bond motifs is 1. The number of ether oxygens (including phenoxy) is 1. The van der Waals surface area contributed by atoms with Crippen molar-refractivity contribution in [2.24, 2.45) is 0 Å². The number of hydrogen-bond donors (Lipinski definition) is 1. The molecule has 0 heterocycles. The largest absolute Gasteiger partial charge is 0.496 e. The van der Waals surface area contributed by atoms with E-state index in [9.17, 15) is 18.0 Å². The fraction of sp³-hybridized carbons (Fsp3) is 0.391. The fourth-order valence-electron chi connectivity index (χ4n) is 3.85. The minimum absolute atomic E-state index is 0.00653. The van der Waals surface area contributed by atoms with E-state index in [0.717, 1.165) is 30.4 Å². The molecule has 0 aliphatic heterocycles. The quantitative estimate of drug-likeness (QED) is 0.481. The highest BCUT2D eigenvalue weighted by Gasteiger charge is 2.32. The van der Waals surface area contributed by atoms with Crippen molar-refractivity contribution in [1.82, 2.24) is 4.72 Å². The molecule has 0 radical (unpaired) electrons. The summed E-state index contributed by atoms with van der Waals surface area (Å²) < 4.78 is 32.9. The van der Waals surface area contributed by atoms with Gasteiger partial charge in [0.25, 0.3) is 10.0 Å². The van der Waals surface area contributed by atoms with Crippen molar-refractivity contribution < 1.29 is 22.7 Å². The summed E-state index contributed by atoms with van der Waals surface area (Å²) in [6, 6.07) is 11.2. The number of Topliss-reactive ketones (excluding diaryl/α,β-unsaturated/α-hetero) is 1. The highest BCUT2D eigenvalue weighted by Crippen LogP contribution is 2.38. The minimum Gasteiger partial charge on any atom is -0.496 e. The third-order valence-electron chi connectivity index (χ3n) is 5.49. The molecule has 160 valence electrons. The van der Waals surface area contributed by atoms with E-state index < -0.39 is 21.8 Å². The average Bonchev–Trinajstić information content (AvgIpc) is 3.18. The first-order valence-corrected chi connectivity index (χ1v) is 11.7. The van der Waals surface area contributed by atoms with Crippen LogP contribution in [0.5, 0.6) is 5.75 Å². The molecule has 1 atom stereocenters. The summed E-state index contributed by atoms with van der Waals surface area (Å²) in [5.41, 5.74) is 2.23. The summed E-state index contributed by atoms with van der Waals surface area (Å²) in [5.74, 6) is -0.385. The molecule has 1 amide bonds. The average molecular weight is 430 g/mol. The van der Waals surface area contributed by atoms with Gasteiger partial charge in [-0.15, -0.1) is 0 Å². The van der Waals surface area contributed by atoms with Crippen LogP contribution in [0.3, 0.4) is 0 Å². The number of carbonyl (C=O) groups excluding carboxylic acids is 2. The molecule has 30 heavy (non-hydrogen) atoms. The zero-order valence-corrected chi connectivity index (χ0v) is 18.1. The van der Waals surface area contributed by atoms with Gasteiger partial charge in [-0.1, -0.05) is 44.0 Å². The fourth-order valence-corrected chi connectivity index (χ4v) is 4.87. The number of hydrogen-bond acceptors (Lipinski definition) is 5. The van der Waals surface area contributed by atoms with E-state index in [-0.39, 0.29) is 10.7 Å². The second-order valence-corrected chi connectivity index (χ2v) is 9.18. The Morgan fingerprint density at radius 1 is 1.10 bits per heavy atom. The smallest absolute Gasteiger partial charge is 0.264 e. The number of nitrogens with one attached hydrogen (secondary N) is 1. The third kappa shape index (κ3) is 4.73. The standard InChI is InChI=1S/C23H27NO5S/c1-3-4-5-8-21(25)16-10-12-17(13-11-16)30(27,28)24-23(26)20-15-14-19-18(20)7-6-9-22(19)29-2/h6-7,9-13,20H,3-5,8,14-15H2,1-2H3,(H,24,26). The summed E-state index contributed by atoms with van der Waals surface area (Å²) in [6.45, 7) is 2.07. The van der Waals surface area contributed by atoms with Gasteiger partial charge in [0.1, 0.15) is 5.75 Å². The summed E-state index contributed by atoms with van der Waals surface area (Å²) in [4.78, 5) is 24.9. The second kappa shape index (κ2) is 9.43. The molecule has 6 nitrogen and oxygen atoms in total. The topological polar surface area (TPSA) is 89.5 Å². The summed E-state index contributed by atoms with van der Waals surface area (Å²) in [5, 5.41) is 0. The Morgan fingerprint density at radius 2 is 1.83 bits per heavy atom. The molecule has 2 aromatic rings. The minimum atomic E-state index is -4.02. The van der Waals surface area contributed by atoms with E-state index in [2.05, 4.69) is 11.6 Å². The van der Waals surface area contributed by atoms with E-state index >= 15 is 0 Å². The first-order chi connectivity index (χ1) is 14.4. The lowest BCUT2D eigenvalue weighted by molar-refractivity contribution is -0.120. The molecule has 0 bridgehead atoms. The Labute approximate surface area is 177 Å². The van der Waals surface area contributed by atoms with Crippen LogP contribution >= 0.6 is 0 Å². The van der Waals surface area contributed by atoms with Crippen molar-refractivity contribution in [1.29, 1.82) is 0 Å². The Bertz CT molecular complexity index is 1030. The van der Waals surface area contributed by atoms with Crippen LogP contribution in [-0.4, -0.2) is 27.2 Å². The number of rotatable bonds is 9. The molecule has 1 aliphatic rings. The summed E-state index contributed by atoms with van der Waals surface area (Å²) >= 11 is 0. The van der Waals surface area contributed by atoms with E-state index in [1.807, 2.05) is 12.1 Å². The van der Waals surface area contributed by atoms with Gasteiger partial charge in [0.15, 0.2) is 5.78 Å². The number of unbranched alkanes of at least 4 members (excludes halogenated alkanes) is 2. The predicted molar refractivity (Wildman–Crippen MR) is 114 cm³/mol. The van der Waals surface area contributed by atoms with E-state index in [1.165, 1.54) is 24.3 Å². The summed E-state index contributed by atoms with van der Waals surface area (Å²) in [6.07, 6.45) is 4.47. The van der Waals surface area contributed by atoms with Crippen LogP contribution in [0.1, 0.15) is 66.4 Å². The maximum atomic E-state index is 12.7. The van der Waals surface area contributed by atoms with Gasteiger partial charge in [-0.25, -0.2) is 13.1 Å². The number of carbonyl (C=O) groups is 2. The highest BCUT2D eigenvalue weighted by atomic mass is 32.2. The van der Waals surface area contributed by atoms with Gasteiger partial charge in [0.05, 0.1) is 17.9 Å². The molecular formula is C23H27NO5S. The monoisotopic (exact) mass is 429 g/mol. The molecule has 1 N–H and O–H groups in total. The molecule has 0 saturated heterocycles. The van der Waals surface area contributed by atoms with Crippen molar-refractivity contribution in [3.8, 4) is 5.75 Å². The Hall–Kier alpha value is -2.67. The Morgan fingerprint density at radius 3 is 2.50 bits per heavy atom. The third-order valence-corrected chi connectivity index (χ3v) is 6.86. The van der Waals surface area contributed by atoms with Gasteiger partial charge in [-0.3, -0.25) is 9.59 Å². The van der Waals surface area contributed by atoms with Crippen molar-refractivity contribution in [2.45, 2.75) is 56.3 Å². The Balaban J connectivity index is 1.70. The van der Waals surface area contributed by atoms with Crippen molar-refractivity contribution >= 4 is 21.7 Å². The molecule has 1 aliphatic carbocycles. The zero-order valence-electron chi connectivity index (χ0n) is 17.3. The van der Waals surface area contributed by atoms with E-state index in [0.29, 0.717) is 30.6 Å². The van der Waals surface area contributed by atoms with Crippen molar-refractivity contribution in [3.63, 3.8) is 0 Å². The van der Waals surface area contributed by atoms with Gasteiger partial charge in [-0.05, 0) is 48.6 Å². The molecule has 3 rings (SSSR count). The van der Waals surface area contributed by atoms with Crippen LogP contribution < -0.4 is 9.46 Å². The first-order valence-electron chi connectivity index (χ1n) is 10.2. The zero-order chi connectivity index (χ0) is 21.7. The molecule has 0 saturated carbocycles. The van der Waals surface area contributed by atoms with Crippen LogP contribution in [0, 0.1) is 0 Å². The first kappa shape index (κ1) is 22.0. The lowest BCUT2D eigenvalue weighted by atomic mass is 10.0. The maximum absolute atomic E-state index is 12.7. The van der Waals surface area contributed by atoms with Crippen LogP contribution in [0.4, 0.5) is 0 Å². The number of amides is 1. The molecule has 0 fully saturated rings. The van der Waals surface area contributed by atoms with Crippen molar-refractivity contribution in [2.75, 3.05) is 7.11 Å². The molecule has 7 heteroatoms. The predicted octanol–water partition coefficient (Wildman–Crippen LogP) is 3.99. The van der Waals surface area contributed by atoms with Crippen molar-refractivity contribution in [3.05, 3.63) is 59.2 Å². The number of sulfonamides is 1. The number of ketones is 1. The molecule has 0 spiro atoms. The Kier molecular flexibility index (Phi) is 6.92. The van der Waals surface area contributed by atoms with Gasteiger partial charge in [0.2, 0.25) is 5.91 Å². The maximum Gasteiger partial charge on any atom is 0.264 e. The second-order valence-electron chi connectivity index (χ2n) is 7.49. The molecule has 0 aromatic heterocycles. The van der Waals surface area contributed by atoms with Crippen LogP contribution in [-0.2, 0) is 21.2 Å². The van der Waals surface area contributed by atoms with E-state index in [1.54, 1.807) is 13.2 Å². The van der Waals surface area contributed by atoms with E-state index in [4.69, 9.17) is 4.74 Å². The number of benzene rings is 2. The van der Waals surface area contributed by atoms with Gasteiger partial charge >= 0.3 is 0 Å². The number of methoxy groups -OCH3 is 1. The lowest BCUT2D eigenvalue weighted by Crippen LogP contribution is -2.34. The normalized spacial score (nSPS) is 15.5. The van der Waals surface area contributed by atoms with Crippen LogP contribution in [0.25, 0.3) is 0 Å². The van der Waals surface area contributed by atoms with Crippen LogP contribution in [0.15, 0.2) is 47.4 Å². The SMILES string of the molecule is CCCCCC(=O)c1ccc(S(=O)(=O)NC(=O)C2CCc3c(OC)cccc32)cc1. The highest BCUT2D eigenvalue weighted by molar-refractivity contribution is 7.90. The molecule has 2 aromatic carbocycles. The van der Waals surface area contributed by atoms with Gasteiger partial charge in [0, 0.05) is 12.0 Å². The summed E-state index contributed by atoms with van der Waals surface area (Å²) in [7, 11) is -2.45. The van der Waals surface area contributed by atoms with Crippen LogP contribution in [0.2, 0.25) is 0 Å².